The fourth-order valence-electron chi connectivity index (χ4n) is 1.93. The molecule has 0 radical (unpaired) electrons. The predicted molar refractivity (Wildman–Crippen MR) is 82.0 cm³/mol. The number of hydrogen-bond donors (Lipinski definition) is 1. The summed E-state index contributed by atoms with van der Waals surface area (Å²) in [6.07, 6.45) is 0. The van der Waals surface area contributed by atoms with E-state index in [4.69, 9.17) is 5.11 Å². The molecule has 0 aliphatic rings. The lowest BCUT2D eigenvalue weighted by Gasteiger charge is -2.04. The van der Waals surface area contributed by atoms with E-state index in [0.717, 1.165) is 5.56 Å². The first kappa shape index (κ1) is 15.8. The van der Waals surface area contributed by atoms with Gasteiger partial charge in [0, 0.05) is 34.4 Å². The Labute approximate surface area is 129 Å². The van der Waals surface area contributed by atoms with Gasteiger partial charge in [-0.15, -0.1) is 0 Å². The van der Waals surface area contributed by atoms with Crippen LogP contribution in [0.4, 0.5) is 5.69 Å². The second-order valence-electron chi connectivity index (χ2n) is 4.66. The SMILES string of the molecule is O=C(O)c1cccc(CS(=O)Cc2ccc([N+](=O)[O-])cc2)c1. The minimum absolute atomic E-state index is 0.0105. The van der Waals surface area contributed by atoms with Crippen LogP contribution in [-0.4, -0.2) is 20.2 Å². The number of benzene rings is 2. The van der Waals surface area contributed by atoms with Gasteiger partial charge in [0.25, 0.3) is 5.69 Å². The number of carboxylic acids is 1. The van der Waals surface area contributed by atoms with E-state index in [1.54, 1.807) is 24.3 Å². The first-order valence-electron chi connectivity index (χ1n) is 6.36. The van der Waals surface area contributed by atoms with E-state index in [9.17, 15) is 19.1 Å². The lowest BCUT2D eigenvalue weighted by molar-refractivity contribution is -0.384. The van der Waals surface area contributed by atoms with Crippen LogP contribution < -0.4 is 0 Å². The van der Waals surface area contributed by atoms with Crippen molar-refractivity contribution in [2.24, 2.45) is 0 Å². The standard InChI is InChI=1S/C15H13NO5S/c17-15(18)13-3-1-2-12(8-13)10-22(21)9-11-4-6-14(7-5-11)16(19)20/h1-8H,9-10H2,(H,17,18). The number of hydrogen-bond acceptors (Lipinski definition) is 4. The molecule has 1 N–H and O–H groups in total. The van der Waals surface area contributed by atoms with E-state index in [0.29, 0.717) is 5.56 Å². The average Bonchev–Trinajstić information content (AvgIpc) is 2.47. The van der Waals surface area contributed by atoms with Crippen molar-refractivity contribution in [3.8, 4) is 0 Å². The van der Waals surface area contributed by atoms with Gasteiger partial charge in [0.15, 0.2) is 0 Å². The van der Waals surface area contributed by atoms with Crippen LogP contribution in [0.2, 0.25) is 0 Å². The van der Waals surface area contributed by atoms with Crippen molar-refractivity contribution in [1.82, 2.24) is 0 Å². The summed E-state index contributed by atoms with van der Waals surface area (Å²) < 4.78 is 12.1. The molecule has 114 valence electrons. The van der Waals surface area contributed by atoms with Gasteiger partial charge in [0.1, 0.15) is 0 Å². The summed E-state index contributed by atoms with van der Waals surface area (Å²) in [4.78, 5) is 21.0. The molecule has 0 aliphatic carbocycles. The third-order valence-electron chi connectivity index (χ3n) is 2.98. The Morgan fingerprint density at radius 2 is 1.73 bits per heavy atom. The number of nitro groups is 1. The van der Waals surface area contributed by atoms with E-state index < -0.39 is 21.7 Å². The van der Waals surface area contributed by atoms with Crippen molar-refractivity contribution in [1.29, 1.82) is 0 Å². The van der Waals surface area contributed by atoms with E-state index in [-0.39, 0.29) is 22.8 Å². The minimum atomic E-state index is -1.22. The fourth-order valence-corrected chi connectivity index (χ4v) is 3.15. The molecule has 6 nitrogen and oxygen atoms in total. The van der Waals surface area contributed by atoms with Crippen LogP contribution in [0.15, 0.2) is 48.5 Å². The molecule has 1 atom stereocenters. The van der Waals surface area contributed by atoms with Crippen molar-refractivity contribution >= 4 is 22.5 Å². The lowest BCUT2D eigenvalue weighted by atomic mass is 10.1. The zero-order valence-corrected chi connectivity index (χ0v) is 12.3. The van der Waals surface area contributed by atoms with Gasteiger partial charge in [-0.3, -0.25) is 14.3 Å². The number of nitro benzene ring substituents is 1. The Morgan fingerprint density at radius 3 is 2.32 bits per heavy atom. The third-order valence-corrected chi connectivity index (χ3v) is 4.29. The van der Waals surface area contributed by atoms with Crippen LogP contribution in [0.25, 0.3) is 0 Å². The maximum absolute atomic E-state index is 12.1. The number of rotatable bonds is 6. The van der Waals surface area contributed by atoms with Crippen molar-refractivity contribution in [2.75, 3.05) is 0 Å². The zero-order chi connectivity index (χ0) is 16.1. The zero-order valence-electron chi connectivity index (χ0n) is 11.5. The van der Waals surface area contributed by atoms with Crippen molar-refractivity contribution < 1.29 is 19.0 Å². The predicted octanol–water partition coefficient (Wildman–Crippen LogP) is 2.74. The largest absolute Gasteiger partial charge is 0.478 e. The number of aromatic carboxylic acids is 1. The summed E-state index contributed by atoms with van der Waals surface area (Å²) in [7, 11) is -1.22. The molecule has 0 saturated carbocycles. The van der Waals surface area contributed by atoms with Gasteiger partial charge in [0.2, 0.25) is 0 Å². The first-order valence-corrected chi connectivity index (χ1v) is 7.85. The summed E-state index contributed by atoms with van der Waals surface area (Å²) >= 11 is 0. The first-order chi connectivity index (χ1) is 10.5. The lowest BCUT2D eigenvalue weighted by Crippen LogP contribution is -2.02. The Morgan fingerprint density at radius 1 is 1.09 bits per heavy atom. The van der Waals surface area contributed by atoms with E-state index in [1.165, 1.54) is 24.3 Å². The second-order valence-corrected chi connectivity index (χ2v) is 6.11. The fraction of sp³-hybridized carbons (Fsp3) is 0.133. The Kier molecular flexibility index (Phi) is 5.00. The highest BCUT2D eigenvalue weighted by molar-refractivity contribution is 7.83. The molecular weight excluding hydrogens is 306 g/mol. The number of nitrogens with zero attached hydrogens (tertiary/aromatic N) is 1. The molecule has 2 rings (SSSR count). The Balaban J connectivity index is 2.02. The van der Waals surface area contributed by atoms with Crippen molar-refractivity contribution in [3.05, 3.63) is 75.3 Å². The quantitative estimate of drug-likeness (QED) is 0.652. The minimum Gasteiger partial charge on any atom is -0.478 e. The van der Waals surface area contributed by atoms with Crippen LogP contribution >= 0.6 is 0 Å². The summed E-state index contributed by atoms with van der Waals surface area (Å²) in [6.45, 7) is 0. The monoisotopic (exact) mass is 319 g/mol. The van der Waals surface area contributed by atoms with E-state index in [1.807, 2.05) is 0 Å². The maximum atomic E-state index is 12.1. The summed E-state index contributed by atoms with van der Waals surface area (Å²) in [5.74, 6) is -0.532. The van der Waals surface area contributed by atoms with Gasteiger partial charge in [-0.05, 0) is 23.3 Å². The van der Waals surface area contributed by atoms with E-state index >= 15 is 0 Å². The van der Waals surface area contributed by atoms with Crippen LogP contribution in [0, 0.1) is 10.1 Å². The van der Waals surface area contributed by atoms with Gasteiger partial charge in [0.05, 0.1) is 10.5 Å². The third kappa shape index (κ3) is 4.23. The summed E-state index contributed by atoms with van der Waals surface area (Å²) in [6, 6.07) is 12.2. The van der Waals surface area contributed by atoms with Crippen LogP contribution in [0.5, 0.6) is 0 Å². The average molecular weight is 319 g/mol. The van der Waals surface area contributed by atoms with E-state index in [2.05, 4.69) is 0 Å². The highest BCUT2D eigenvalue weighted by Crippen LogP contribution is 2.15. The molecule has 2 aromatic carbocycles. The molecular formula is C15H13NO5S. The molecule has 0 aliphatic heterocycles. The van der Waals surface area contributed by atoms with Crippen molar-refractivity contribution in [3.63, 3.8) is 0 Å². The molecule has 0 fully saturated rings. The molecule has 0 spiro atoms. The Hall–Kier alpha value is -2.54. The van der Waals surface area contributed by atoms with Crippen LogP contribution in [0.3, 0.4) is 0 Å². The molecule has 0 amide bonds. The molecule has 7 heteroatoms. The van der Waals surface area contributed by atoms with Gasteiger partial charge in [-0.1, -0.05) is 24.3 Å². The van der Waals surface area contributed by atoms with Crippen LogP contribution in [0.1, 0.15) is 21.5 Å². The molecule has 0 saturated heterocycles. The molecule has 0 aromatic heterocycles. The highest BCUT2D eigenvalue weighted by atomic mass is 32.2. The molecule has 22 heavy (non-hydrogen) atoms. The summed E-state index contributed by atoms with van der Waals surface area (Å²) in [5.41, 5.74) is 1.56. The maximum Gasteiger partial charge on any atom is 0.335 e. The molecule has 0 bridgehead atoms. The van der Waals surface area contributed by atoms with Gasteiger partial charge in [-0.25, -0.2) is 4.79 Å². The highest BCUT2D eigenvalue weighted by Gasteiger charge is 2.09. The number of carboxylic acid groups (broad SMARTS) is 1. The van der Waals surface area contributed by atoms with Gasteiger partial charge in [-0.2, -0.15) is 0 Å². The second kappa shape index (κ2) is 6.95. The Bertz CT molecular complexity index is 727. The number of non-ortho nitro benzene ring substituents is 1. The normalized spacial score (nSPS) is 11.8. The van der Waals surface area contributed by atoms with Gasteiger partial charge >= 0.3 is 5.97 Å². The number of carbonyl (C=O) groups is 1. The molecule has 1 unspecified atom stereocenters. The topological polar surface area (TPSA) is 97.5 Å². The van der Waals surface area contributed by atoms with Gasteiger partial charge < -0.3 is 5.11 Å². The van der Waals surface area contributed by atoms with Crippen molar-refractivity contribution in [2.45, 2.75) is 11.5 Å². The smallest absolute Gasteiger partial charge is 0.335 e. The molecule has 0 heterocycles. The summed E-state index contributed by atoms with van der Waals surface area (Å²) in [5, 5.41) is 19.5. The van der Waals surface area contributed by atoms with Crippen LogP contribution in [-0.2, 0) is 22.3 Å². The molecule has 2 aromatic rings.